The van der Waals surface area contributed by atoms with Crippen molar-refractivity contribution in [2.24, 2.45) is 12.2 Å². The molecule has 2 atom stereocenters. The van der Waals surface area contributed by atoms with Gasteiger partial charge in [-0.3, -0.25) is 14.5 Å². The Morgan fingerprint density at radius 3 is 2.79 bits per heavy atom. The highest BCUT2D eigenvalue weighted by atomic mass is 32.2. The number of carboxylic acid groups (broad SMARTS) is 1. The average Bonchev–Trinajstić information content (AvgIpc) is 3.57. The summed E-state index contributed by atoms with van der Waals surface area (Å²) >= 11 is 3.16. The van der Waals surface area contributed by atoms with Crippen LogP contribution in [-0.2, 0) is 27.6 Å². The summed E-state index contributed by atoms with van der Waals surface area (Å²) in [4.78, 5) is 48.5. The smallest absolute Gasteiger partial charge is 0.416 e. The second kappa shape index (κ2) is 11.6. The van der Waals surface area contributed by atoms with Crippen molar-refractivity contribution < 1.29 is 37.5 Å². The number of rotatable bonds is 9. The maximum absolute atomic E-state index is 13.2. The van der Waals surface area contributed by atoms with Gasteiger partial charge < -0.3 is 21.0 Å². The first-order chi connectivity index (χ1) is 19.9. The number of oxime groups is 1. The maximum atomic E-state index is 13.2. The van der Waals surface area contributed by atoms with E-state index in [4.69, 9.17) is 10.6 Å². The Morgan fingerprint density at radius 2 is 2.14 bits per heavy atom. The number of aromatic nitrogens is 6. The van der Waals surface area contributed by atoms with E-state index in [1.807, 2.05) is 0 Å². The Kier molecular flexibility index (Phi) is 8.06. The molecule has 2 amide bonds. The summed E-state index contributed by atoms with van der Waals surface area (Å²) in [5, 5.41) is 26.8. The molecule has 1 unspecified atom stereocenters. The SMILES string of the molecule is Cn1nnnc1SCC1=C(C(=O)O)N2C(=O)C(NC(=O)/C(=N\Oc3cccc(C(F)(F)F)c3)c3nsc(N)n3)[C@H]2SC1. The van der Waals surface area contributed by atoms with Gasteiger partial charge in [0.1, 0.15) is 17.1 Å². The van der Waals surface area contributed by atoms with E-state index in [1.54, 1.807) is 7.05 Å². The number of amides is 2. The van der Waals surface area contributed by atoms with E-state index >= 15 is 0 Å². The van der Waals surface area contributed by atoms with Crippen molar-refractivity contribution >= 4 is 63.7 Å². The molecule has 1 aromatic carbocycles. The van der Waals surface area contributed by atoms with Crippen LogP contribution in [0.2, 0.25) is 0 Å². The third kappa shape index (κ3) is 5.87. The number of hydrogen-bond acceptors (Lipinski definition) is 14. The zero-order chi connectivity index (χ0) is 30.2. The lowest BCUT2D eigenvalue weighted by Gasteiger charge is -2.49. The van der Waals surface area contributed by atoms with Gasteiger partial charge in [-0.25, -0.2) is 9.48 Å². The molecule has 4 N–H and O–H groups in total. The second-order valence-corrected chi connectivity index (χ2v) is 11.3. The number of carbonyl (C=O) groups is 3. The third-order valence-electron chi connectivity index (χ3n) is 5.77. The predicted octanol–water partition coefficient (Wildman–Crippen LogP) is 0.977. The average molecular weight is 643 g/mol. The number of aliphatic carboxylic acids is 1. The molecule has 4 heterocycles. The van der Waals surface area contributed by atoms with Crippen LogP contribution in [-0.4, -0.2) is 86.0 Å². The number of tetrazole rings is 1. The maximum Gasteiger partial charge on any atom is 0.416 e. The van der Waals surface area contributed by atoms with Gasteiger partial charge in [0, 0.05) is 30.1 Å². The molecule has 0 aliphatic carbocycles. The highest BCUT2D eigenvalue weighted by molar-refractivity contribution is 8.01. The molecule has 0 bridgehead atoms. The number of β-lactam (4-membered cyclic amide) rings is 1. The number of nitrogens with zero attached hydrogens (tertiary/aromatic N) is 8. The Bertz CT molecular complexity index is 1620. The van der Waals surface area contributed by atoms with Gasteiger partial charge in [0.25, 0.3) is 11.8 Å². The number of thioether (sulfide) groups is 2. The molecule has 220 valence electrons. The molecule has 0 radical (unpaired) electrons. The summed E-state index contributed by atoms with van der Waals surface area (Å²) in [6.45, 7) is 0. The van der Waals surface area contributed by atoms with Crippen molar-refractivity contribution in [3.63, 3.8) is 0 Å². The molecule has 5 rings (SSSR count). The van der Waals surface area contributed by atoms with E-state index in [1.165, 1.54) is 34.3 Å². The van der Waals surface area contributed by atoms with Crippen LogP contribution in [0.25, 0.3) is 0 Å². The summed E-state index contributed by atoms with van der Waals surface area (Å²) in [5.41, 5.74) is 4.32. The quantitative estimate of drug-likeness (QED) is 0.129. The first-order valence-corrected chi connectivity index (χ1v) is 14.3. The second-order valence-electron chi connectivity index (χ2n) is 8.50. The summed E-state index contributed by atoms with van der Waals surface area (Å²) in [6, 6.07) is 2.66. The zero-order valence-corrected chi connectivity index (χ0v) is 23.4. The zero-order valence-electron chi connectivity index (χ0n) is 21.0. The lowest BCUT2D eigenvalue weighted by Crippen LogP contribution is -2.71. The number of carboxylic acids is 1. The fraction of sp³-hybridized carbons (Fsp3) is 0.286. The first kappa shape index (κ1) is 29.3. The number of aryl methyl sites for hydroxylation is 1. The van der Waals surface area contributed by atoms with Crippen LogP contribution in [0.1, 0.15) is 11.4 Å². The van der Waals surface area contributed by atoms with Gasteiger partial charge in [0.05, 0.1) is 5.56 Å². The summed E-state index contributed by atoms with van der Waals surface area (Å²) in [7, 11) is 1.63. The van der Waals surface area contributed by atoms with E-state index < -0.39 is 46.7 Å². The van der Waals surface area contributed by atoms with Gasteiger partial charge in [-0.15, -0.1) is 16.9 Å². The minimum atomic E-state index is -4.64. The molecule has 0 saturated carbocycles. The number of anilines is 1. The monoisotopic (exact) mass is 642 g/mol. The first-order valence-electron chi connectivity index (χ1n) is 11.5. The van der Waals surface area contributed by atoms with Gasteiger partial charge >= 0.3 is 12.1 Å². The van der Waals surface area contributed by atoms with Crippen LogP contribution < -0.4 is 15.9 Å². The molecule has 15 nitrogen and oxygen atoms in total. The minimum Gasteiger partial charge on any atom is -0.477 e. The van der Waals surface area contributed by atoms with Crippen LogP contribution >= 0.6 is 35.1 Å². The number of benzene rings is 1. The number of carbonyl (C=O) groups excluding carboxylic acids is 2. The molecule has 0 spiro atoms. The number of hydrogen-bond donors (Lipinski definition) is 3. The van der Waals surface area contributed by atoms with Gasteiger partial charge in [-0.1, -0.05) is 23.0 Å². The van der Waals surface area contributed by atoms with Gasteiger partial charge in [-0.2, -0.15) is 22.5 Å². The highest BCUT2D eigenvalue weighted by Gasteiger charge is 2.54. The Morgan fingerprint density at radius 1 is 1.36 bits per heavy atom. The molecule has 1 saturated heterocycles. The van der Waals surface area contributed by atoms with E-state index in [2.05, 4.69) is 35.4 Å². The largest absolute Gasteiger partial charge is 0.477 e. The molecule has 2 aromatic heterocycles. The van der Waals surface area contributed by atoms with E-state index in [0.29, 0.717) is 16.8 Å². The molecular weight excluding hydrogens is 625 g/mol. The number of nitrogens with one attached hydrogen (secondary N) is 1. The fourth-order valence-corrected chi connectivity index (χ4v) is 6.61. The molecular formula is C21H17F3N10O5S3. The van der Waals surface area contributed by atoms with Crippen LogP contribution in [0.3, 0.4) is 0 Å². The van der Waals surface area contributed by atoms with Crippen LogP contribution in [0.5, 0.6) is 5.75 Å². The lowest BCUT2D eigenvalue weighted by molar-refractivity contribution is -0.150. The Labute approximate surface area is 245 Å². The van der Waals surface area contributed by atoms with Crippen molar-refractivity contribution in [2.45, 2.75) is 22.7 Å². The van der Waals surface area contributed by atoms with Gasteiger partial charge in [0.15, 0.2) is 10.9 Å². The van der Waals surface area contributed by atoms with Crippen molar-refractivity contribution in [3.05, 3.63) is 46.9 Å². The number of nitrogen functional groups attached to an aromatic ring is 1. The summed E-state index contributed by atoms with van der Waals surface area (Å²) in [6.07, 6.45) is -4.64. The third-order valence-corrected chi connectivity index (χ3v) is 8.74. The topological polar surface area (TPSA) is 204 Å². The molecule has 21 heteroatoms. The van der Waals surface area contributed by atoms with Crippen molar-refractivity contribution in [2.75, 3.05) is 17.2 Å². The fourth-order valence-electron chi connectivity index (χ4n) is 3.84. The van der Waals surface area contributed by atoms with Crippen molar-refractivity contribution in [1.82, 2.24) is 39.8 Å². The van der Waals surface area contributed by atoms with Gasteiger partial charge in [0.2, 0.25) is 16.7 Å². The number of halogens is 3. The predicted molar refractivity (Wildman–Crippen MR) is 142 cm³/mol. The number of fused-ring (bicyclic) bond motifs is 1. The van der Waals surface area contributed by atoms with Gasteiger partial charge in [-0.05, 0) is 34.2 Å². The van der Waals surface area contributed by atoms with Crippen molar-refractivity contribution in [3.8, 4) is 5.75 Å². The van der Waals surface area contributed by atoms with E-state index in [9.17, 15) is 32.7 Å². The summed E-state index contributed by atoms with van der Waals surface area (Å²) < 4.78 is 44.5. The Balaban J connectivity index is 1.34. The normalized spacial score (nSPS) is 18.9. The lowest BCUT2D eigenvalue weighted by atomic mass is 10.0. The molecule has 3 aromatic rings. The molecule has 2 aliphatic heterocycles. The number of alkyl halides is 3. The number of nitrogens with two attached hydrogens (primary N) is 1. The molecule has 42 heavy (non-hydrogen) atoms. The minimum absolute atomic E-state index is 0.0305. The molecule has 2 aliphatic rings. The Hall–Kier alpha value is -4.24. The standard InChI is InChI=1S/C21H17F3N10O5S3/c1-33-20(28-31-32-33)41-7-8-6-40-17-12(16(36)34(17)13(8)18(37)38)26-15(35)11(14-27-19(25)42-30-14)29-39-10-4-2-3-9(5-10)21(22,23)24/h2-5,12,17H,6-7H2,1H3,(H,26,35)(H,37,38)(H2,25,27,30)/b29-11-/t12?,17-/m1/s1. The van der Waals surface area contributed by atoms with E-state index in [-0.39, 0.29) is 33.9 Å². The molecule has 1 fully saturated rings. The van der Waals surface area contributed by atoms with Crippen LogP contribution in [0.4, 0.5) is 18.3 Å². The summed E-state index contributed by atoms with van der Waals surface area (Å²) in [5.74, 6) is -3.16. The van der Waals surface area contributed by atoms with Crippen molar-refractivity contribution in [1.29, 1.82) is 0 Å². The van der Waals surface area contributed by atoms with Crippen LogP contribution in [0, 0.1) is 0 Å². The highest BCUT2D eigenvalue weighted by Crippen LogP contribution is 2.41. The van der Waals surface area contributed by atoms with E-state index in [0.717, 1.165) is 28.6 Å². The van der Waals surface area contributed by atoms with Crippen LogP contribution in [0.15, 0.2) is 45.8 Å².